The van der Waals surface area contributed by atoms with Crippen molar-refractivity contribution in [2.24, 2.45) is 11.3 Å². The first-order valence-corrected chi connectivity index (χ1v) is 17.5. The van der Waals surface area contributed by atoms with Crippen molar-refractivity contribution in [2.45, 2.75) is 86.1 Å². The quantitative estimate of drug-likeness (QED) is 0.277. The highest BCUT2D eigenvalue weighted by Crippen LogP contribution is 2.34. The second-order valence-electron chi connectivity index (χ2n) is 15.3. The van der Waals surface area contributed by atoms with Gasteiger partial charge in [0.15, 0.2) is 0 Å². The third-order valence-electron chi connectivity index (χ3n) is 8.42. The van der Waals surface area contributed by atoms with Crippen LogP contribution in [0.25, 0.3) is 10.6 Å². The van der Waals surface area contributed by atoms with E-state index in [4.69, 9.17) is 4.98 Å². The van der Waals surface area contributed by atoms with E-state index in [0.29, 0.717) is 17.8 Å². The maximum atomic E-state index is 13.2. The molecule has 0 spiro atoms. The van der Waals surface area contributed by atoms with Gasteiger partial charge in [0.25, 0.3) is 0 Å². The lowest BCUT2D eigenvalue weighted by Crippen LogP contribution is -2.50. The highest BCUT2D eigenvalue weighted by molar-refractivity contribution is 7.13. The summed E-state index contributed by atoms with van der Waals surface area (Å²) in [7, 11) is 0. The molecule has 3 heterocycles. The summed E-state index contributed by atoms with van der Waals surface area (Å²) in [5.74, 6) is 0.787. The summed E-state index contributed by atoms with van der Waals surface area (Å²) in [6.45, 7) is 21.7. The Balaban J connectivity index is 0.000000854. The van der Waals surface area contributed by atoms with Crippen molar-refractivity contribution in [1.29, 1.82) is 0 Å². The molecule has 2 saturated heterocycles. The number of piperazine rings is 1. The van der Waals surface area contributed by atoms with E-state index >= 15 is 0 Å². The molecule has 1 aromatic heterocycles. The largest absolute Gasteiger partial charge is 0.343 e. The Morgan fingerprint density at radius 3 is 1.87 bits per heavy atom. The minimum atomic E-state index is 0.0454. The number of thiazole rings is 1. The Morgan fingerprint density at radius 1 is 0.800 bits per heavy atom. The Kier molecular flexibility index (Phi) is 11.6. The summed E-state index contributed by atoms with van der Waals surface area (Å²) >= 11 is 1.71. The molecule has 1 atom stereocenters. The van der Waals surface area contributed by atoms with Gasteiger partial charge >= 0.3 is 0 Å². The van der Waals surface area contributed by atoms with Crippen LogP contribution in [-0.4, -0.2) is 70.8 Å². The minimum absolute atomic E-state index is 0.0454. The Labute approximate surface area is 275 Å². The van der Waals surface area contributed by atoms with Crippen molar-refractivity contribution < 1.29 is 9.59 Å². The standard InChI is InChI=1S/C33H42N4O2S.C5H12/c1-24(38)35-16-14-25(15-17-35)22-30(39)36-18-20-37(21-19-36)31(26-8-6-5-7-9-26)27-10-12-28(13-11-27)32-34-29(23-40-32)33(2,3)4;1-5(2,3)4/h5-13,23,25,31H,14-22H2,1-4H3;1-4H3. The predicted octanol–water partition coefficient (Wildman–Crippen LogP) is 8.04. The van der Waals surface area contributed by atoms with Crippen molar-refractivity contribution in [2.75, 3.05) is 39.3 Å². The number of aromatic nitrogens is 1. The highest BCUT2D eigenvalue weighted by Gasteiger charge is 2.30. The van der Waals surface area contributed by atoms with E-state index < -0.39 is 0 Å². The number of hydrogen-bond acceptors (Lipinski definition) is 5. The first-order valence-electron chi connectivity index (χ1n) is 16.6. The smallest absolute Gasteiger partial charge is 0.222 e. The normalized spacial score (nSPS) is 17.4. The van der Waals surface area contributed by atoms with Crippen molar-refractivity contribution >= 4 is 23.2 Å². The molecule has 6 nitrogen and oxygen atoms in total. The molecule has 7 heteroatoms. The van der Waals surface area contributed by atoms with Crippen LogP contribution >= 0.6 is 11.3 Å². The molecule has 2 aliphatic rings. The molecule has 5 rings (SSSR count). The number of carbonyl (C=O) groups excluding carboxylic acids is 2. The van der Waals surface area contributed by atoms with Crippen molar-refractivity contribution in [3.8, 4) is 10.6 Å². The van der Waals surface area contributed by atoms with E-state index in [1.165, 1.54) is 11.1 Å². The number of amides is 2. The molecule has 2 aliphatic heterocycles. The fourth-order valence-corrected chi connectivity index (χ4v) is 6.92. The van der Waals surface area contributed by atoms with Crippen molar-refractivity contribution in [3.05, 3.63) is 76.8 Å². The number of hydrogen-bond donors (Lipinski definition) is 0. The van der Waals surface area contributed by atoms with Crippen LogP contribution in [0.3, 0.4) is 0 Å². The van der Waals surface area contributed by atoms with E-state index in [0.717, 1.165) is 68.4 Å². The van der Waals surface area contributed by atoms with Crippen LogP contribution in [-0.2, 0) is 15.0 Å². The van der Waals surface area contributed by atoms with Gasteiger partial charge in [-0.1, -0.05) is 103 Å². The van der Waals surface area contributed by atoms with Gasteiger partial charge in [-0.2, -0.15) is 0 Å². The summed E-state index contributed by atoms with van der Waals surface area (Å²) in [5.41, 5.74) is 5.37. The van der Waals surface area contributed by atoms with Crippen LogP contribution in [0.4, 0.5) is 0 Å². The molecular weight excluding hydrogens is 577 g/mol. The lowest BCUT2D eigenvalue weighted by Gasteiger charge is -2.40. The second kappa shape index (κ2) is 15.0. The third kappa shape index (κ3) is 10.2. The zero-order valence-electron chi connectivity index (χ0n) is 28.8. The molecule has 0 bridgehead atoms. The van der Waals surface area contributed by atoms with Gasteiger partial charge in [-0.05, 0) is 35.3 Å². The molecule has 0 aliphatic carbocycles. The van der Waals surface area contributed by atoms with Crippen LogP contribution in [0.5, 0.6) is 0 Å². The van der Waals surface area contributed by atoms with Gasteiger partial charge in [0.1, 0.15) is 5.01 Å². The van der Waals surface area contributed by atoms with Gasteiger partial charge in [0.2, 0.25) is 11.8 Å². The average Bonchev–Trinajstić information content (AvgIpc) is 3.50. The molecule has 0 saturated carbocycles. The second-order valence-corrected chi connectivity index (χ2v) is 16.2. The van der Waals surface area contributed by atoms with Gasteiger partial charge < -0.3 is 9.80 Å². The number of likely N-dealkylation sites (tertiary alicyclic amines) is 1. The Morgan fingerprint density at radius 2 is 1.36 bits per heavy atom. The first kappa shape index (κ1) is 34.8. The van der Waals surface area contributed by atoms with Gasteiger partial charge in [-0.25, -0.2) is 4.98 Å². The van der Waals surface area contributed by atoms with Crippen LogP contribution < -0.4 is 0 Å². The number of benzene rings is 2. The van der Waals surface area contributed by atoms with E-state index in [9.17, 15) is 9.59 Å². The molecule has 0 radical (unpaired) electrons. The molecule has 3 aromatic rings. The molecule has 2 amide bonds. The average molecular weight is 631 g/mol. The highest BCUT2D eigenvalue weighted by atomic mass is 32.1. The molecule has 45 heavy (non-hydrogen) atoms. The van der Waals surface area contributed by atoms with Crippen molar-refractivity contribution in [1.82, 2.24) is 19.7 Å². The van der Waals surface area contributed by atoms with E-state index in [1.54, 1.807) is 18.3 Å². The van der Waals surface area contributed by atoms with Crippen LogP contribution in [0.15, 0.2) is 60.0 Å². The fraction of sp³-hybridized carbons (Fsp3) is 0.553. The van der Waals surface area contributed by atoms with E-state index in [1.807, 2.05) is 9.80 Å². The Hall–Kier alpha value is -3.03. The van der Waals surface area contributed by atoms with Gasteiger partial charge in [0.05, 0.1) is 11.7 Å². The minimum Gasteiger partial charge on any atom is -0.343 e. The van der Waals surface area contributed by atoms with E-state index in [2.05, 4.69) is 113 Å². The number of carbonyl (C=O) groups is 2. The molecule has 2 fully saturated rings. The summed E-state index contributed by atoms with van der Waals surface area (Å²) in [5, 5.41) is 3.23. The molecule has 0 N–H and O–H groups in total. The van der Waals surface area contributed by atoms with Gasteiger partial charge in [-0.15, -0.1) is 11.3 Å². The Bertz CT molecular complexity index is 1370. The molecule has 1 unspecified atom stereocenters. The lowest BCUT2D eigenvalue weighted by molar-refractivity contribution is -0.135. The number of nitrogens with zero attached hydrogens (tertiary/aromatic N) is 4. The topological polar surface area (TPSA) is 56.8 Å². The lowest BCUT2D eigenvalue weighted by atomic mass is 9.92. The van der Waals surface area contributed by atoms with Crippen LogP contribution in [0.2, 0.25) is 0 Å². The fourth-order valence-electron chi connectivity index (χ4n) is 5.87. The molecular formula is C38H54N4O2S. The van der Waals surface area contributed by atoms with Gasteiger partial charge in [0, 0.05) is 69.0 Å². The zero-order chi connectivity index (χ0) is 32.8. The van der Waals surface area contributed by atoms with Crippen LogP contribution in [0, 0.1) is 11.3 Å². The van der Waals surface area contributed by atoms with Gasteiger partial charge in [-0.3, -0.25) is 14.5 Å². The van der Waals surface area contributed by atoms with E-state index in [-0.39, 0.29) is 23.3 Å². The zero-order valence-corrected chi connectivity index (χ0v) is 29.6. The van der Waals surface area contributed by atoms with Crippen molar-refractivity contribution in [3.63, 3.8) is 0 Å². The monoisotopic (exact) mass is 630 g/mol. The number of piperidine rings is 1. The molecule has 2 aromatic carbocycles. The summed E-state index contributed by atoms with van der Waals surface area (Å²) in [6, 6.07) is 19.7. The van der Waals surface area contributed by atoms with Crippen LogP contribution in [0.1, 0.15) is 97.5 Å². The summed E-state index contributed by atoms with van der Waals surface area (Å²) < 4.78 is 0. The SMILES string of the molecule is CC(=O)N1CCC(CC(=O)N2CCN(C(c3ccccc3)c3ccc(-c4nc(C(C)(C)C)cs4)cc3)CC2)CC1.CC(C)(C)C. The maximum Gasteiger partial charge on any atom is 0.222 e. The summed E-state index contributed by atoms with van der Waals surface area (Å²) in [4.78, 5) is 36.1. The third-order valence-corrected chi connectivity index (χ3v) is 9.31. The summed E-state index contributed by atoms with van der Waals surface area (Å²) in [6.07, 6.45) is 2.45. The maximum absolute atomic E-state index is 13.2. The number of rotatable bonds is 6. The predicted molar refractivity (Wildman–Crippen MR) is 187 cm³/mol. The first-order chi connectivity index (χ1) is 21.2. The molecule has 244 valence electrons.